The normalized spacial score (nSPS) is 21.8. The van der Waals surface area contributed by atoms with Crippen molar-refractivity contribution in [2.75, 3.05) is 13.2 Å². The molecular formula is C27H30ClIN2O5. The first-order valence-corrected chi connectivity index (χ1v) is 13.6. The molecule has 0 bridgehead atoms. The van der Waals surface area contributed by atoms with Crippen LogP contribution < -0.4 is 10.1 Å². The van der Waals surface area contributed by atoms with E-state index in [1.807, 2.05) is 36.4 Å². The minimum atomic E-state index is -1.05. The first kappa shape index (κ1) is 26.9. The van der Waals surface area contributed by atoms with Gasteiger partial charge in [0.2, 0.25) is 11.8 Å². The van der Waals surface area contributed by atoms with E-state index in [9.17, 15) is 14.7 Å². The van der Waals surface area contributed by atoms with Gasteiger partial charge in [0.25, 0.3) is 0 Å². The van der Waals surface area contributed by atoms with E-state index in [0.29, 0.717) is 16.3 Å². The van der Waals surface area contributed by atoms with Crippen LogP contribution in [0.25, 0.3) is 0 Å². The summed E-state index contributed by atoms with van der Waals surface area (Å²) in [7, 11) is 0. The van der Waals surface area contributed by atoms with Crippen LogP contribution in [-0.2, 0) is 16.1 Å². The molecule has 7 nitrogen and oxygen atoms in total. The Bertz CT molecular complexity index is 1110. The fourth-order valence-electron chi connectivity index (χ4n) is 4.50. The number of hydrogen-bond acceptors (Lipinski definition) is 5. The van der Waals surface area contributed by atoms with E-state index >= 15 is 0 Å². The molecule has 1 saturated carbocycles. The van der Waals surface area contributed by atoms with E-state index in [1.165, 1.54) is 0 Å². The standard InChI is InChI=1S/C27H30ClIN2O5/c28-20-10-8-17(9-11-20)16-31(27(35)18-4-3-5-18)22-14-19(26(34)30-12-13-32)15-24(25(22)33)36-23-7-2-1-6-21(23)29/h1-2,6-11,15,18,22,24-25,32-33H,3-5,12-14,16H2,(H,30,34)/t22-,24+,25+/m1/s1. The number of carbonyl (C=O) groups is 2. The number of carbonyl (C=O) groups excluding carboxylic acids is 2. The Hall–Kier alpha value is -2.14. The maximum atomic E-state index is 13.6. The first-order valence-electron chi connectivity index (χ1n) is 12.1. The Balaban J connectivity index is 1.67. The summed E-state index contributed by atoms with van der Waals surface area (Å²) < 4.78 is 7.06. The number of nitrogens with zero attached hydrogens (tertiary/aromatic N) is 1. The molecule has 9 heteroatoms. The molecule has 0 spiro atoms. The lowest BCUT2D eigenvalue weighted by Gasteiger charge is -2.43. The molecule has 3 atom stereocenters. The summed E-state index contributed by atoms with van der Waals surface area (Å²) in [5.74, 6) is 0.130. The van der Waals surface area contributed by atoms with Gasteiger partial charge in [0, 0.05) is 36.0 Å². The molecule has 2 aromatic rings. The van der Waals surface area contributed by atoms with E-state index in [4.69, 9.17) is 21.4 Å². The summed E-state index contributed by atoms with van der Waals surface area (Å²) in [4.78, 5) is 28.2. The number of nitrogens with one attached hydrogen (secondary N) is 1. The van der Waals surface area contributed by atoms with E-state index in [1.54, 1.807) is 23.1 Å². The van der Waals surface area contributed by atoms with Gasteiger partial charge in [-0.2, -0.15) is 0 Å². The Morgan fingerprint density at radius 3 is 2.50 bits per heavy atom. The molecule has 0 heterocycles. The van der Waals surface area contributed by atoms with Crippen molar-refractivity contribution in [2.45, 2.75) is 50.5 Å². The third-order valence-electron chi connectivity index (χ3n) is 6.72. The smallest absolute Gasteiger partial charge is 0.247 e. The van der Waals surface area contributed by atoms with Crippen molar-refractivity contribution in [1.29, 1.82) is 0 Å². The van der Waals surface area contributed by atoms with Crippen molar-refractivity contribution < 1.29 is 24.5 Å². The molecule has 2 amide bonds. The predicted molar refractivity (Wildman–Crippen MR) is 146 cm³/mol. The second-order valence-electron chi connectivity index (χ2n) is 9.17. The zero-order chi connectivity index (χ0) is 25.7. The fourth-order valence-corrected chi connectivity index (χ4v) is 5.14. The second kappa shape index (κ2) is 12.4. The number of aliphatic hydroxyl groups is 2. The molecule has 2 aromatic carbocycles. The number of aliphatic hydroxyl groups excluding tert-OH is 2. The van der Waals surface area contributed by atoms with Crippen molar-refractivity contribution in [2.24, 2.45) is 5.92 Å². The van der Waals surface area contributed by atoms with Gasteiger partial charge in [0.15, 0.2) is 0 Å². The van der Waals surface area contributed by atoms with Gasteiger partial charge in [0.05, 0.1) is 16.2 Å². The van der Waals surface area contributed by atoms with Gasteiger partial charge in [-0.3, -0.25) is 9.59 Å². The average Bonchev–Trinajstić information content (AvgIpc) is 2.83. The summed E-state index contributed by atoms with van der Waals surface area (Å²) >= 11 is 8.22. The lowest BCUT2D eigenvalue weighted by atomic mass is 9.82. The number of benzene rings is 2. The van der Waals surface area contributed by atoms with Crippen LogP contribution in [-0.4, -0.2) is 58.3 Å². The molecule has 4 rings (SSSR count). The Labute approximate surface area is 229 Å². The van der Waals surface area contributed by atoms with Crippen LogP contribution in [0.2, 0.25) is 5.02 Å². The van der Waals surface area contributed by atoms with Crippen molar-refractivity contribution >= 4 is 46.0 Å². The molecule has 36 heavy (non-hydrogen) atoms. The van der Waals surface area contributed by atoms with Crippen LogP contribution in [0.1, 0.15) is 31.2 Å². The lowest BCUT2D eigenvalue weighted by molar-refractivity contribution is -0.146. The summed E-state index contributed by atoms with van der Waals surface area (Å²) in [5.41, 5.74) is 1.30. The largest absolute Gasteiger partial charge is 0.482 e. The summed E-state index contributed by atoms with van der Waals surface area (Å²) in [6.07, 6.45) is 2.57. The maximum Gasteiger partial charge on any atom is 0.247 e. The highest BCUT2D eigenvalue weighted by Crippen LogP contribution is 2.34. The molecule has 0 unspecified atom stereocenters. The van der Waals surface area contributed by atoms with Gasteiger partial charge in [0.1, 0.15) is 18.0 Å². The number of rotatable bonds is 9. The zero-order valence-electron chi connectivity index (χ0n) is 19.8. The summed E-state index contributed by atoms with van der Waals surface area (Å²) in [5, 5.41) is 24.0. The van der Waals surface area contributed by atoms with Crippen molar-refractivity contribution in [3.63, 3.8) is 0 Å². The number of amides is 2. The topological polar surface area (TPSA) is 99.1 Å². The highest BCUT2D eigenvalue weighted by molar-refractivity contribution is 14.1. The van der Waals surface area contributed by atoms with Gasteiger partial charge >= 0.3 is 0 Å². The Morgan fingerprint density at radius 1 is 1.14 bits per heavy atom. The van der Waals surface area contributed by atoms with Gasteiger partial charge in [-0.05, 0) is 71.3 Å². The zero-order valence-corrected chi connectivity index (χ0v) is 22.7. The third kappa shape index (κ3) is 6.40. The highest BCUT2D eigenvalue weighted by atomic mass is 127. The number of halogens is 2. The van der Waals surface area contributed by atoms with E-state index < -0.39 is 18.2 Å². The van der Waals surface area contributed by atoms with E-state index in [-0.39, 0.29) is 43.8 Å². The van der Waals surface area contributed by atoms with Crippen LogP contribution in [0, 0.1) is 9.49 Å². The molecule has 1 fully saturated rings. The van der Waals surface area contributed by atoms with Gasteiger partial charge in [-0.25, -0.2) is 0 Å². The highest BCUT2D eigenvalue weighted by Gasteiger charge is 2.42. The molecular weight excluding hydrogens is 595 g/mol. The molecule has 2 aliphatic rings. The third-order valence-corrected chi connectivity index (χ3v) is 7.86. The second-order valence-corrected chi connectivity index (χ2v) is 10.8. The predicted octanol–water partition coefficient (Wildman–Crippen LogP) is 3.69. The average molecular weight is 625 g/mol. The van der Waals surface area contributed by atoms with Crippen LogP contribution in [0.3, 0.4) is 0 Å². The van der Waals surface area contributed by atoms with Gasteiger partial charge in [-0.1, -0.05) is 42.3 Å². The van der Waals surface area contributed by atoms with E-state index in [0.717, 1.165) is 28.4 Å². The fraction of sp³-hybridized carbons (Fsp3) is 0.407. The number of hydrogen-bond donors (Lipinski definition) is 3. The quantitative estimate of drug-likeness (QED) is 0.370. The van der Waals surface area contributed by atoms with Crippen LogP contribution in [0.4, 0.5) is 0 Å². The van der Waals surface area contributed by atoms with Crippen LogP contribution >= 0.6 is 34.2 Å². The number of ether oxygens (including phenoxy) is 1. The first-order chi connectivity index (χ1) is 17.4. The monoisotopic (exact) mass is 624 g/mol. The lowest BCUT2D eigenvalue weighted by Crippen LogP contribution is -2.56. The molecule has 0 radical (unpaired) electrons. The minimum absolute atomic E-state index is 0.0229. The van der Waals surface area contributed by atoms with E-state index in [2.05, 4.69) is 27.9 Å². The molecule has 0 aromatic heterocycles. The molecule has 0 aliphatic heterocycles. The van der Waals surface area contributed by atoms with Crippen LogP contribution in [0.5, 0.6) is 5.75 Å². The summed E-state index contributed by atoms with van der Waals surface area (Å²) in [6.45, 7) is 0.215. The molecule has 0 saturated heterocycles. The summed E-state index contributed by atoms with van der Waals surface area (Å²) in [6, 6.07) is 14.1. The SMILES string of the molecule is O=C(NCCO)C1=C[C@H](Oc2ccccc2I)[C@@H](O)[C@H](N(Cc2ccc(Cl)cc2)C(=O)C2CCC2)C1. The Kier molecular flexibility index (Phi) is 9.27. The molecule has 192 valence electrons. The van der Waals surface area contributed by atoms with Crippen molar-refractivity contribution in [3.05, 3.63) is 74.3 Å². The van der Waals surface area contributed by atoms with Gasteiger partial charge < -0.3 is 25.2 Å². The van der Waals surface area contributed by atoms with Crippen LogP contribution in [0.15, 0.2) is 60.2 Å². The maximum absolute atomic E-state index is 13.6. The minimum Gasteiger partial charge on any atom is -0.482 e. The molecule has 2 aliphatic carbocycles. The van der Waals surface area contributed by atoms with Gasteiger partial charge in [-0.15, -0.1) is 0 Å². The molecule has 3 N–H and O–H groups in total. The van der Waals surface area contributed by atoms with Crippen molar-refractivity contribution in [1.82, 2.24) is 10.2 Å². The Morgan fingerprint density at radius 2 is 1.86 bits per heavy atom. The number of para-hydroxylation sites is 1. The van der Waals surface area contributed by atoms with Crippen molar-refractivity contribution in [3.8, 4) is 5.75 Å².